The number of hydrogen-bond acceptors (Lipinski definition) is 2. The van der Waals surface area contributed by atoms with E-state index in [4.69, 9.17) is 4.74 Å². The van der Waals surface area contributed by atoms with Crippen molar-refractivity contribution in [1.29, 1.82) is 0 Å². The van der Waals surface area contributed by atoms with Crippen LogP contribution in [0.4, 0.5) is 5.69 Å². The fourth-order valence-electron chi connectivity index (χ4n) is 2.43. The van der Waals surface area contributed by atoms with Crippen LogP contribution in [0.2, 0.25) is 0 Å². The van der Waals surface area contributed by atoms with E-state index in [1.54, 1.807) is 0 Å². The summed E-state index contributed by atoms with van der Waals surface area (Å²) in [7, 11) is 0. The monoisotopic (exact) mass is 253 g/mol. The Labute approximate surface area is 114 Å². The third kappa shape index (κ3) is 2.58. The van der Waals surface area contributed by atoms with Gasteiger partial charge in [0.1, 0.15) is 5.75 Å². The second-order valence-corrected chi connectivity index (χ2v) is 4.92. The summed E-state index contributed by atoms with van der Waals surface area (Å²) in [4.78, 5) is 0. The maximum atomic E-state index is 5.61. The van der Waals surface area contributed by atoms with Crippen LogP contribution in [0.1, 0.15) is 18.9 Å². The van der Waals surface area contributed by atoms with Crippen molar-refractivity contribution in [2.45, 2.75) is 19.8 Å². The summed E-state index contributed by atoms with van der Waals surface area (Å²) in [6.45, 7) is 3.95. The maximum Gasteiger partial charge on any atom is 0.119 e. The Morgan fingerprint density at radius 2 is 1.84 bits per heavy atom. The molecule has 3 rings (SSSR count). The second-order valence-electron chi connectivity index (χ2n) is 4.92. The highest BCUT2D eigenvalue weighted by Gasteiger charge is 2.10. The Bertz CT molecular complexity index is 560. The zero-order valence-electron chi connectivity index (χ0n) is 11.3. The van der Waals surface area contributed by atoms with E-state index in [1.807, 2.05) is 12.1 Å². The Hall–Kier alpha value is -1.96. The van der Waals surface area contributed by atoms with E-state index >= 15 is 0 Å². The molecule has 1 N–H and O–H groups in total. The molecule has 0 radical (unpaired) electrons. The number of fused-ring (bicyclic) bond motifs is 1. The van der Waals surface area contributed by atoms with E-state index in [2.05, 4.69) is 42.6 Å². The molecule has 0 bridgehead atoms. The first-order chi connectivity index (χ1) is 9.36. The van der Waals surface area contributed by atoms with E-state index < -0.39 is 0 Å². The summed E-state index contributed by atoms with van der Waals surface area (Å²) in [5.74, 6) is 0.949. The standard InChI is InChI=1S/C17H19NO/c1-2-11-19-16-7-5-13(6-8-16)15-4-3-14-9-10-18-17(14)12-15/h3-8,12,18H,2,9-11H2,1H3. The van der Waals surface area contributed by atoms with Gasteiger partial charge in [-0.3, -0.25) is 0 Å². The molecule has 0 aromatic heterocycles. The van der Waals surface area contributed by atoms with Gasteiger partial charge >= 0.3 is 0 Å². The first kappa shape index (κ1) is 12.1. The lowest BCUT2D eigenvalue weighted by molar-refractivity contribution is 0.317. The molecule has 0 unspecified atom stereocenters. The van der Waals surface area contributed by atoms with Crippen LogP contribution in [0.5, 0.6) is 5.75 Å². The Kier molecular flexibility index (Phi) is 3.41. The van der Waals surface area contributed by atoms with E-state index in [9.17, 15) is 0 Å². The topological polar surface area (TPSA) is 21.3 Å². The first-order valence-corrected chi connectivity index (χ1v) is 6.97. The Morgan fingerprint density at radius 1 is 1.05 bits per heavy atom. The van der Waals surface area contributed by atoms with E-state index in [1.165, 1.54) is 22.4 Å². The fourth-order valence-corrected chi connectivity index (χ4v) is 2.43. The average molecular weight is 253 g/mol. The number of benzene rings is 2. The van der Waals surface area contributed by atoms with Crippen molar-refractivity contribution in [3.63, 3.8) is 0 Å². The minimum absolute atomic E-state index is 0.780. The van der Waals surface area contributed by atoms with Crippen molar-refractivity contribution >= 4 is 5.69 Å². The molecule has 0 aliphatic carbocycles. The fraction of sp³-hybridized carbons (Fsp3) is 0.294. The van der Waals surface area contributed by atoms with Gasteiger partial charge in [0.2, 0.25) is 0 Å². The molecule has 1 heterocycles. The molecule has 1 aliphatic rings. The quantitative estimate of drug-likeness (QED) is 0.885. The van der Waals surface area contributed by atoms with Gasteiger partial charge in [-0.1, -0.05) is 31.2 Å². The van der Waals surface area contributed by atoms with Crippen molar-refractivity contribution in [2.75, 3.05) is 18.5 Å². The third-order valence-electron chi connectivity index (χ3n) is 3.48. The van der Waals surface area contributed by atoms with Crippen LogP contribution in [-0.2, 0) is 6.42 Å². The summed E-state index contributed by atoms with van der Waals surface area (Å²) in [5, 5.41) is 3.42. The molecule has 1 aliphatic heterocycles. The summed E-state index contributed by atoms with van der Waals surface area (Å²) in [5.41, 5.74) is 5.20. The average Bonchev–Trinajstić information content (AvgIpc) is 2.93. The summed E-state index contributed by atoms with van der Waals surface area (Å²) < 4.78 is 5.61. The second kappa shape index (κ2) is 5.35. The molecule has 2 aromatic carbocycles. The van der Waals surface area contributed by atoms with E-state index in [0.29, 0.717) is 0 Å². The summed E-state index contributed by atoms with van der Waals surface area (Å²) >= 11 is 0. The number of nitrogens with one attached hydrogen (secondary N) is 1. The molecule has 0 atom stereocenters. The van der Waals surface area contributed by atoms with Gasteiger partial charge in [-0.15, -0.1) is 0 Å². The molecular weight excluding hydrogens is 234 g/mol. The first-order valence-electron chi connectivity index (χ1n) is 6.97. The van der Waals surface area contributed by atoms with Crippen molar-refractivity contribution in [3.05, 3.63) is 48.0 Å². The molecule has 0 fully saturated rings. The normalized spacial score (nSPS) is 12.9. The highest BCUT2D eigenvalue weighted by atomic mass is 16.5. The maximum absolute atomic E-state index is 5.61. The lowest BCUT2D eigenvalue weighted by Crippen LogP contribution is -1.94. The van der Waals surface area contributed by atoms with Crippen LogP contribution < -0.4 is 10.1 Å². The minimum Gasteiger partial charge on any atom is -0.494 e. The molecule has 0 amide bonds. The van der Waals surface area contributed by atoms with Crippen molar-refractivity contribution in [1.82, 2.24) is 0 Å². The zero-order valence-corrected chi connectivity index (χ0v) is 11.3. The van der Waals surface area contributed by atoms with E-state index in [-0.39, 0.29) is 0 Å². The predicted octanol–water partition coefficient (Wildman–Crippen LogP) is 4.11. The zero-order chi connectivity index (χ0) is 13.1. The van der Waals surface area contributed by atoms with Crippen molar-refractivity contribution in [3.8, 4) is 16.9 Å². The molecule has 98 valence electrons. The number of anilines is 1. The van der Waals surface area contributed by atoms with Crippen molar-refractivity contribution < 1.29 is 4.74 Å². The SMILES string of the molecule is CCCOc1ccc(-c2ccc3c(c2)NCC3)cc1. The molecule has 0 saturated carbocycles. The van der Waals surface area contributed by atoms with Gasteiger partial charge < -0.3 is 10.1 Å². The van der Waals surface area contributed by atoms with Gasteiger partial charge in [-0.2, -0.15) is 0 Å². The Balaban J connectivity index is 1.82. The van der Waals surface area contributed by atoms with Gasteiger partial charge in [0.15, 0.2) is 0 Å². The van der Waals surface area contributed by atoms with Gasteiger partial charge in [0, 0.05) is 12.2 Å². The molecule has 2 nitrogen and oxygen atoms in total. The van der Waals surface area contributed by atoms with Gasteiger partial charge in [-0.25, -0.2) is 0 Å². The van der Waals surface area contributed by atoms with Crippen LogP contribution in [0.15, 0.2) is 42.5 Å². The molecule has 19 heavy (non-hydrogen) atoms. The number of rotatable bonds is 4. The van der Waals surface area contributed by atoms with Crippen molar-refractivity contribution in [2.24, 2.45) is 0 Å². The summed E-state index contributed by atoms with van der Waals surface area (Å²) in [6.07, 6.45) is 2.18. The summed E-state index contributed by atoms with van der Waals surface area (Å²) in [6, 6.07) is 15.0. The lowest BCUT2D eigenvalue weighted by atomic mass is 10.0. The highest BCUT2D eigenvalue weighted by Crippen LogP contribution is 2.29. The third-order valence-corrected chi connectivity index (χ3v) is 3.48. The predicted molar refractivity (Wildman–Crippen MR) is 79.9 cm³/mol. The minimum atomic E-state index is 0.780. The largest absolute Gasteiger partial charge is 0.494 e. The van der Waals surface area contributed by atoms with Crippen LogP contribution >= 0.6 is 0 Å². The smallest absolute Gasteiger partial charge is 0.119 e. The van der Waals surface area contributed by atoms with Crippen LogP contribution in [0.25, 0.3) is 11.1 Å². The van der Waals surface area contributed by atoms with Crippen LogP contribution in [0, 0.1) is 0 Å². The van der Waals surface area contributed by atoms with Gasteiger partial charge in [0.05, 0.1) is 6.61 Å². The number of hydrogen-bond donors (Lipinski definition) is 1. The molecule has 2 aromatic rings. The van der Waals surface area contributed by atoms with E-state index in [0.717, 1.165) is 31.7 Å². The molecule has 0 saturated heterocycles. The lowest BCUT2D eigenvalue weighted by Gasteiger charge is -2.08. The van der Waals surface area contributed by atoms with Gasteiger partial charge in [-0.05, 0) is 47.7 Å². The number of ether oxygens (including phenoxy) is 1. The molecule has 0 spiro atoms. The van der Waals surface area contributed by atoms with Gasteiger partial charge in [0.25, 0.3) is 0 Å². The van der Waals surface area contributed by atoms with Crippen LogP contribution in [-0.4, -0.2) is 13.2 Å². The van der Waals surface area contributed by atoms with Crippen LogP contribution in [0.3, 0.4) is 0 Å². The Morgan fingerprint density at radius 3 is 2.63 bits per heavy atom. The molecule has 2 heteroatoms. The molecular formula is C17H19NO. The highest BCUT2D eigenvalue weighted by molar-refractivity contribution is 5.71.